The van der Waals surface area contributed by atoms with E-state index in [9.17, 15) is 0 Å². The predicted molar refractivity (Wildman–Crippen MR) is 53.5 cm³/mol. The van der Waals surface area contributed by atoms with E-state index in [1.165, 1.54) is 5.57 Å². The first-order chi connectivity index (χ1) is 6.38. The average molecular weight is 182 g/mol. The van der Waals surface area contributed by atoms with Gasteiger partial charge in [0.15, 0.2) is 0 Å². The van der Waals surface area contributed by atoms with E-state index >= 15 is 0 Å². The lowest BCUT2D eigenvalue weighted by Crippen LogP contribution is -2.05. The minimum Gasteiger partial charge on any atom is -0.497 e. The third-order valence-corrected chi connectivity index (χ3v) is 2.03. The second-order valence-electron chi connectivity index (χ2n) is 3.13. The van der Waals surface area contributed by atoms with Crippen molar-refractivity contribution in [2.75, 3.05) is 20.3 Å². The highest BCUT2D eigenvalue weighted by molar-refractivity contribution is 5.29. The average Bonchev–Trinajstić information content (AvgIpc) is 2.19. The normalized spacial score (nSPS) is 16.5. The Balaban J connectivity index is 2.38. The number of ether oxygens (including phenoxy) is 2. The molecule has 0 aromatic rings. The molecule has 2 heteroatoms. The van der Waals surface area contributed by atoms with Crippen LogP contribution in [0.4, 0.5) is 0 Å². The number of rotatable bonds is 5. The molecule has 0 heterocycles. The summed E-state index contributed by atoms with van der Waals surface area (Å²) < 4.78 is 10.7. The molecule has 13 heavy (non-hydrogen) atoms. The van der Waals surface area contributed by atoms with Gasteiger partial charge in [-0.05, 0) is 25.3 Å². The van der Waals surface area contributed by atoms with Crippen LogP contribution in [0.25, 0.3) is 0 Å². The zero-order chi connectivity index (χ0) is 9.52. The highest BCUT2D eigenvalue weighted by atomic mass is 16.5. The van der Waals surface area contributed by atoms with Gasteiger partial charge in [0.1, 0.15) is 5.76 Å². The number of methoxy groups -OCH3 is 1. The van der Waals surface area contributed by atoms with Crippen molar-refractivity contribution in [2.24, 2.45) is 0 Å². The standard InChI is InChI=1S/C11H18O2/c1-3-8-13-9-10-6-4-5-7-11(10)12-2/h6-7H,3-5,8-9H2,1-2H3. The minimum atomic E-state index is 0.688. The Hall–Kier alpha value is -0.760. The molecule has 0 unspecified atom stereocenters. The summed E-state index contributed by atoms with van der Waals surface area (Å²) in [4.78, 5) is 0. The van der Waals surface area contributed by atoms with Gasteiger partial charge in [-0.2, -0.15) is 0 Å². The summed E-state index contributed by atoms with van der Waals surface area (Å²) in [7, 11) is 1.71. The van der Waals surface area contributed by atoms with E-state index in [2.05, 4.69) is 19.1 Å². The van der Waals surface area contributed by atoms with E-state index in [4.69, 9.17) is 9.47 Å². The smallest absolute Gasteiger partial charge is 0.120 e. The SMILES string of the molecule is CCCOCC1=CCCC=C1OC. The van der Waals surface area contributed by atoms with Gasteiger partial charge in [0.05, 0.1) is 13.7 Å². The van der Waals surface area contributed by atoms with Gasteiger partial charge in [0.25, 0.3) is 0 Å². The Labute approximate surface area is 80.2 Å². The molecule has 2 nitrogen and oxygen atoms in total. The van der Waals surface area contributed by atoms with Gasteiger partial charge in [-0.15, -0.1) is 0 Å². The highest BCUT2D eigenvalue weighted by Gasteiger charge is 2.08. The lowest BCUT2D eigenvalue weighted by Gasteiger charge is -2.14. The van der Waals surface area contributed by atoms with E-state index in [0.29, 0.717) is 6.61 Å². The zero-order valence-corrected chi connectivity index (χ0v) is 8.51. The molecule has 0 amide bonds. The van der Waals surface area contributed by atoms with Gasteiger partial charge in [-0.3, -0.25) is 0 Å². The van der Waals surface area contributed by atoms with Crippen molar-refractivity contribution in [1.29, 1.82) is 0 Å². The summed E-state index contributed by atoms with van der Waals surface area (Å²) in [6, 6.07) is 0. The van der Waals surface area contributed by atoms with Crippen molar-refractivity contribution in [2.45, 2.75) is 26.2 Å². The van der Waals surface area contributed by atoms with Crippen LogP contribution in [0.2, 0.25) is 0 Å². The second kappa shape index (κ2) is 5.81. The van der Waals surface area contributed by atoms with Crippen LogP contribution in [0.5, 0.6) is 0 Å². The molecule has 74 valence electrons. The largest absolute Gasteiger partial charge is 0.497 e. The van der Waals surface area contributed by atoms with E-state index < -0.39 is 0 Å². The van der Waals surface area contributed by atoms with Crippen LogP contribution in [0, 0.1) is 0 Å². The summed E-state index contributed by atoms with van der Waals surface area (Å²) in [5.41, 5.74) is 1.20. The third-order valence-electron chi connectivity index (χ3n) is 2.03. The Morgan fingerprint density at radius 1 is 1.31 bits per heavy atom. The second-order valence-corrected chi connectivity index (χ2v) is 3.13. The molecule has 1 rings (SSSR count). The van der Waals surface area contributed by atoms with Gasteiger partial charge in [-0.1, -0.05) is 13.0 Å². The van der Waals surface area contributed by atoms with Crippen molar-refractivity contribution >= 4 is 0 Å². The van der Waals surface area contributed by atoms with Crippen LogP contribution in [-0.4, -0.2) is 20.3 Å². The monoisotopic (exact) mass is 182 g/mol. The molecule has 0 aromatic carbocycles. The Morgan fingerprint density at radius 2 is 2.08 bits per heavy atom. The molecule has 0 aliphatic heterocycles. The summed E-state index contributed by atoms with van der Waals surface area (Å²) in [6.45, 7) is 3.63. The third kappa shape index (κ3) is 3.23. The number of hydrogen-bond acceptors (Lipinski definition) is 2. The lowest BCUT2D eigenvalue weighted by atomic mass is 10.1. The quantitative estimate of drug-likeness (QED) is 0.608. The molecule has 0 saturated carbocycles. The lowest BCUT2D eigenvalue weighted by molar-refractivity contribution is 0.150. The van der Waals surface area contributed by atoms with Gasteiger partial charge >= 0.3 is 0 Å². The minimum absolute atomic E-state index is 0.688. The molecular weight excluding hydrogens is 164 g/mol. The Morgan fingerprint density at radius 3 is 2.77 bits per heavy atom. The van der Waals surface area contributed by atoms with Crippen LogP contribution in [0.1, 0.15) is 26.2 Å². The van der Waals surface area contributed by atoms with Crippen molar-refractivity contribution in [3.63, 3.8) is 0 Å². The molecule has 0 saturated heterocycles. The predicted octanol–water partition coefficient (Wildman–Crippen LogP) is 2.66. The summed E-state index contributed by atoms with van der Waals surface area (Å²) in [5.74, 6) is 0.988. The fourth-order valence-electron chi connectivity index (χ4n) is 1.37. The van der Waals surface area contributed by atoms with Gasteiger partial charge in [-0.25, -0.2) is 0 Å². The fourth-order valence-corrected chi connectivity index (χ4v) is 1.37. The van der Waals surface area contributed by atoms with Crippen LogP contribution < -0.4 is 0 Å². The van der Waals surface area contributed by atoms with Crippen molar-refractivity contribution in [3.8, 4) is 0 Å². The molecule has 0 atom stereocenters. The maximum absolute atomic E-state index is 5.47. The first-order valence-electron chi connectivity index (χ1n) is 4.89. The van der Waals surface area contributed by atoms with Crippen LogP contribution in [-0.2, 0) is 9.47 Å². The van der Waals surface area contributed by atoms with Crippen molar-refractivity contribution in [1.82, 2.24) is 0 Å². The molecule has 0 bridgehead atoms. The number of allylic oxidation sites excluding steroid dienone is 2. The summed E-state index contributed by atoms with van der Waals surface area (Å²) in [6.07, 6.45) is 7.59. The van der Waals surface area contributed by atoms with Gasteiger partial charge in [0.2, 0.25) is 0 Å². The molecule has 0 fully saturated rings. The molecule has 0 aromatic heterocycles. The Kier molecular flexibility index (Phi) is 4.61. The van der Waals surface area contributed by atoms with E-state index in [1.54, 1.807) is 7.11 Å². The summed E-state index contributed by atoms with van der Waals surface area (Å²) >= 11 is 0. The van der Waals surface area contributed by atoms with Crippen molar-refractivity contribution < 1.29 is 9.47 Å². The van der Waals surface area contributed by atoms with E-state index in [0.717, 1.165) is 31.6 Å². The molecule has 0 spiro atoms. The van der Waals surface area contributed by atoms with Crippen LogP contribution >= 0.6 is 0 Å². The molecule has 0 N–H and O–H groups in total. The van der Waals surface area contributed by atoms with E-state index in [-0.39, 0.29) is 0 Å². The topological polar surface area (TPSA) is 18.5 Å². The highest BCUT2D eigenvalue weighted by Crippen LogP contribution is 2.19. The maximum atomic E-state index is 5.47. The number of hydrogen-bond donors (Lipinski definition) is 0. The summed E-state index contributed by atoms with van der Waals surface area (Å²) in [5, 5.41) is 0. The van der Waals surface area contributed by atoms with Crippen molar-refractivity contribution in [3.05, 3.63) is 23.5 Å². The van der Waals surface area contributed by atoms with Gasteiger partial charge < -0.3 is 9.47 Å². The van der Waals surface area contributed by atoms with Crippen LogP contribution in [0.3, 0.4) is 0 Å². The molecule has 1 aliphatic carbocycles. The molecule has 0 radical (unpaired) electrons. The van der Waals surface area contributed by atoms with Gasteiger partial charge in [0, 0.05) is 12.2 Å². The van der Waals surface area contributed by atoms with E-state index in [1.807, 2.05) is 0 Å². The first kappa shape index (κ1) is 10.3. The Bertz CT molecular complexity index is 204. The molecule has 1 aliphatic rings. The zero-order valence-electron chi connectivity index (χ0n) is 8.51. The molecular formula is C11H18O2. The maximum Gasteiger partial charge on any atom is 0.120 e. The first-order valence-corrected chi connectivity index (χ1v) is 4.89. The fraction of sp³-hybridized carbons (Fsp3) is 0.636. The van der Waals surface area contributed by atoms with Crippen LogP contribution in [0.15, 0.2) is 23.5 Å².